The van der Waals surface area contributed by atoms with Gasteiger partial charge in [0, 0.05) is 24.7 Å². The van der Waals surface area contributed by atoms with Crippen molar-refractivity contribution in [2.75, 3.05) is 26.2 Å². The zero-order chi connectivity index (χ0) is 15.8. The normalized spacial score (nSPS) is 15.3. The molecule has 0 saturated heterocycles. The summed E-state index contributed by atoms with van der Waals surface area (Å²) in [5, 5.41) is 0.815. The maximum Gasteiger partial charge on any atom is 0.343 e. The lowest BCUT2D eigenvalue weighted by Gasteiger charge is -2.26. The highest BCUT2D eigenvalue weighted by Gasteiger charge is 2.14. The van der Waals surface area contributed by atoms with Crippen molar-refractivity contribution in [3.05, 3.63) is 40.9 Å². The summed E-state index contributed by atoms with van der Waals surface area (Å²) < 4.78 is 0. The van der Waals surface area contributed by atoms with Crippen LogP contribution in [0.3, 0.4) is 0 Å². The average molecular weight is 324 g/mol. The standard InChI is InChI=1S/C15H22ClN5O/c16-14-5-2-1-4-13(14)12-6-10-21(11-7-12)9-3-8-18-20-15(22)19-17/h1-2,4-6,18H,3,7-11,17H2,(H2,19,20,22). The summed E-state index contributed by atoms with van der Waals surface area (Å²) in [7, 11) is 0. The lowest BCUT2D eigenvalue weighted by Crippen LogP contribution is -2.47. The van der Waals surface area contributed by atoms with Crippen LogP contribution in [0.1, 0.15) is 18.4 Å². The Labute approximate surface area is 135 Å². The first-order valence-electron chi connectivity index (χ1n) is 7.36. The molecule has 0 unspecified atom stereocenters. The van der Waals surface area contributed by atoms with Gasteiger partial charge in [-0.05, 0) is 36.6 Å². The van der Waals surface area contributed by atoms with Crippen molar-refractivity contribution in [3.8, 4) is 0 Å². The number of urea groups is 1. The van der Waals surface area contributed by atoms with Gasteiger partial charge in [0.2, 0.25) is 0 Å². The van der Waals surface area contributed by atoms with E-state index in [2.05, 4.69) is 27.9 Å². The molecule has 0 atom stereocenters. The van der Waals surface area contributed by atoms with E-state index >= 15 is 0 Å². The van der Waals surface area contributed by atoms with Crippen LogP contribution in [-0.2, 0) is 0 Å². The highest BCUT2D eigenvalue weighted by Crippen LogP contribution is 2.28. The second-order valence-corrected chi connectivity index (χ2v) is 5.55. The van der Waals surface area contributed by atoms with E-state index in [9.17, 15) is 4.79 Å². The fourth-order valence-electron chi connectivity index (χ4n) is 2.45. The van der Waals surface area contributed by atoms with Gasteiger partial charge in [-0.15, -0.1) is 0 Å². The number of benzene rings is 1. The van der Waals surface area contributed by atoms with Crippen molar-refractivity contribution >= 4 is 23.2 Å². The highest BCUT2D eigenvalue weighted by molar-refractivity contribution is 6.32. The number of amides is 2. The number of halogens is 1. The van der Waals surface area contributed by atoms with E-state index in [-0.39, 0.29) is 0 Å². The number of carbonyl (C=O) groups excluding carboxylic acids is 1. The summed E-state index contributed by atoms with van der Waals surface area (Å²) in [5.74, 6) is 4.95. The minimum Gasteiger partial charge on any atom is -0.299 e. The van der Waals surface area contributed by atoms with Crippen LogP contribution < -0.4 is 22.1 Å². The van der Waals surface area contributed by atoms with E-state index in [1.807, 2.05) is 23.6 Å². The van der Waals surface area contributed by atoms with Gasteiger partial charge in [-0.25, -0.2) is 16.1 Å². The summed E-state index contributed by atoms with van der Waals surface area (Å²) in [4.78, 5) is 13.2. The topological polar surface area (TPSA) is 82.4 Å². The number of rotatable bonds is 6. The molecule has 0 bridgehead atoms. The summed E-state index contributed by atoms with van der Waals surface area (Å²) in [6.07, 6.45) is 4.20. The number of hydrogen-bond acceptors (Lipinski definition) is 4. The Morgan fingerprint density at radius 2 is 2.18 bits per heavy atom. The molecule has 1 aromatic carbocycles. The van der Waals surface area contributed by atoms with Crippen LogP contribution in [0.2, 0.25) is 5.02 Å². The third kappa shape index (κ3) is 4.99. The highest BCUT2D eigenvalue weighted by atomic mass is 35.5. The first-order chi connectivity index (χ1) is 10.7. The Morgan fingerprint density at radius 1 is 1.36 bits per heavy atom. The van der Waals surface area contributed by atoms with Crippen molar-refractivity contribution in [3.63, 3.8) is 0 Å². The van der Waals surface area contributed by atoms with Crippen molar-refractivity contribution in [1.82, 2.24) is 21.2 Å². The summed E-state index contributed by atoms with van der Waals surface area (Å²) >= 11 is 6.24. The molecule has 6 nitrogen and oxygen atoms in total. The quantitative estimate of drug-likeness (QED) is 0.277. The second-order valence-electron chi connectivity index (χ2n) is 5.14. The van der Waals surface area contributed by atoms with Gasteiger partial charge in [-0.3, -0.25) is 15.8 Å². The molecule has 22 heavy (non-hydrogen) atoms. The minimum atomic E-state index is -0.440. The van der Waals surface area contributed by atoms with Crippen molar-refractivity contribution in [2.45, 2.75) is 12.8 Å². The Kier molecular flexibility index (Phi) is 6.67. The molecule has 0 spiro atoms. The molecule has 0 fully saturated rings. The molecule has 2 amide bonds. The zero-order valence-corrected chi connectivity index (χ0v) is 13.2. The maximum atomic E-state index is 10.8. The monoisotopic (exact) mass is 323 g/mol. The van der Waals surface area contributed by atoms with Gasteiger partial charge < -0.3 is 0 Å². The molecular formula is C15H22ClN5O. The zero-order valence-electron chi connectivity index (χ0n) is 12.4. The van der Waals surface area contributed by atoms with E-state index < -0.39 is 6.03 Å². The van der Waals surface area contributed by atoms with Crippen molar-refractivity contribution in [2.24, 2.45) is 5.84 Å². The fraction of sp³-hybridized carbons (Fsp3) is 0.400. The molecule has 2 rings (SSSR count). The average Bonchev–Trinajstić information content (AvgIpc) is 2.55. The number of nitrogens with two attached hydrogens (primary N) is 1. The van der Waals surface area contributed by atoms with Crippen LogP contribution in [0.5, 0.6) is 0 Å². The van der Waals surface area contributed by atoms with E-state index in [1.165, 1.54) is 5.57 Å². The smallest absolute Gasteiger partial charge is 0.299 e. The van der Waals surface area contributed by atoms with Crippen LogP contribution in [0.4, 0.5) is 4.79 Å². The summed E-state index contributed by atoms with van der Waals surface area (Å²) in [6, 6.07) is 7.53. The number of carbonyl (C=O) groups is 1. The Hall–Kier alpha value is -1.60. The molecule has 0 aliphatic carbocycles. The first-order valence-corrected chi connectivity index (χ1v) is 7.74. The predicted octanol–water partition coefficient (Wildman–Crippen LogP) is 1.50. The van der Waals surface area contributed by atoms with Gasteiger partial charge in [0.1, 0.15) is 0 Å². The van der Waals surface area contributed by atoms with E-state index in [4.69, 9.17) is 17.4 Å². The van der Waals surface area contributed by atoms with Crippen LogP contribution in [0, 0.1) is 0 Å². The van der Waals surface area contributed by atoms with Crippen molar-refractivity contribution < 1.29 is 4.79 Å². The summed E-state index contributed by atoms with van der Waals surface area (Å²) in [5.41, 5.74) is 9.70. The second kappa shape index (κ2) is 8.75. The van der Waals surface area contributed by atoms with Gasteiger partial charge >= 0.3 is 6.03 Å². The fourth-order valence-corrected chi connectivity index (χ4v) is 2.71. The molecule has 1 aliphatic heterocycles. The molecule has 7 heteroatoms. The third-order valence-electron chi connectivity index (χ3n) is 3.62. The largest absolute Gasteiger partial charge is 0.343 e. The number of nitrogens with zero attached hydrogens (tertiary/aromatic N) is 1. The maximum absolute atomic E-state index is 10.8. The predicted molar refractivity (Wildman–Crippen MR) is 89.0 cm³/mol. The lowest BCUT2D eigenvalue weighted by molar-refractivity contribution is 0.235. The molecule has 5 N–H and O–H groups in total. The SMILES string of the molecule is NNC(=O)NNCCCN1CC=C(c2ccccc2Cl)CC1. The molecule has 0 aromatic heterocycles. The van der Waals surface area contributed by atoms with Crippen molar-refractivity contribution in [1.29, 1.82) is 0 Å². The van der Waals surface area contributed by atoms with E-state index in [0.29, 0.717) is 6.54 Å². The van der Waals surface area contributed by atoms with Crippen LogP contribution in [0.25, 0.3) is 5.57 Å². The number of hydrazine groups is 2. The Balaban J connectivity index is 1.71. The Morgan fingerprint density at radius 3 is 2.86 bits per heavy atom. The third-order valence-corrected chi connectivity index (χ3v) is 3.95. The molecule has 1 aromatic rings. The number of hydrogen-bond donors (Lipinski definition) is 4. The van der Waals surface area contributed by atoms with Crippen LogP contribution in [0.15, 0.2) is 30.3 Å². The van der Waals surface area contributed by atoms with Gasteiger partial charge in [0.15, 0.2) is 0 Å². The molecule has 0 radical (unpaired) electrons. The van der Waals surface area contributed by atoms with E-state index in [1.54, 1.807) is 0 Å². The lowest BCUT2D eigenvalue weighted by atomic mass is 9.99. The van der Waals surface area contributed by atoms with Crippen LogP contribution >= 0.6 is 11.6 Å². The van der Waals surface area contributed by atoms with Gasteiger partial charge in [-0.2, -0.15) is 0 Å². The molecular weight excluding hydrogens is 302 g/mol. The Bertz CT molecular complexity index is 534. The van der Waals surface area contributed by atoms with Gasteiger partial charge in [-0.1, -0.05) is 35.9 Å². The molecule has 1 heterocycles. The minimum absolute atomic E-state index is 0.440. The van der Waals surface area contributed by atoms with E-state index in [0.717, 1.165) is 43.1 Å². The summed E-state index contributed by atoms with van der Waals surface area (Å²) in [6.45, 7) is 3.63. The molecule has 1 aliphatic rings. The number of nitrogens with one attached hydrogen (secondary N) is 3. The van der Waals surface area contributed by atoms with Gasteiger partial charge in [0.05, 0.1) is 0 Å². The van der Waals surface area contributed by atoms with Gasteiger partial charge in [0.25, 0.3) is 0 Å². The molecule has 120 valence electrons. The first kappa shape index (κ1) is 16.8. The molecule has 0 saturated carbocycles. The van der Waals surface area contributed by atoms with Crippen LogP contribution in [-0.4, -0.2) is 37.1 Å².